The van der Waals surface area contributed by atoms with Crippen LogP contribution in [-0.2, 0) is 24.4 Å². The number of aromatic nitrogens is 2. The first-order chi connectivity index (χ1) is 11.6. The van der Waals surface area contributed by atoms with Crippen molar-refractivity contribution in [1.82, 2.24) is 15.1 Å². The number of nitrogens with zero attached hydrogens (tertiary/aromatic N) is 3. The van der Waals surface area contributed by atoms with Gasteiger partial charge >= 0.3 is 0 Å². The molecule has 0 spiro atoms. The number of ether oxygens (including phenoxy) is 2. The van der Waals surface area contributed by atoms with Gasteiger partial charge in [0.25, 0.3) is 5.69 Å². The van der Waals surface area contributed by atoms with Crippen molar-refractivity contribution in [2.24, 2.45) is 0 Å². The fourth-order valence-corrected chi connectivity index (χ4v) is 2.58. The lowest BCUT2D eigenvalue weighted by Gasteiger charge is -2.21. The summed E-state index contributed by atoms with van der Waals surface area (Å²) in [5.74, 6) is 0.612. The van der Waals surface area contributed by atoms with Crippen LogP contribution in [0.3, 0.4) is 0 Å². The van der Waals surface area contributed by atoms with E-state index in [1.165, 1.54) is 12.1 Å². The first-order valence-electron chi connectivity index (χ1n) is 7.50. The molecule has 9 heteroatoms. The van der Waals surface area contributed by atoms with Gasteiger partial charge in [-0.05, 0) is 6.07 Å². The molecular formula is C15H18N4O5. The van der Waals surface area contributed by atoms with Crippen molar-refractivity contribution in [3.05, 3.63) is 51.8 Å². The van der Waals surface area contributed by atoms with E-state index in [1.807, 2.05) is 0 Å². The molecule has 0 radical (unpaired) electrons. The lowest BCUT2D eigenvalue weighted by molar-refractivity contribution is -0.385. The third kappa shape index (κ3) is 3.88. The van der Waals surface area contributed by atoms with Crippen molar-refractivity contribution >= 4 is 5.69 Å². The monoisotopic (exact) mass is 334 g/mol. The van der Waals surface area contributed by atoms with Crippen molar-refractivity contribution in [3.8, 4) is 5.75 Å². The van der Waals surface area contributed by atoms with E-state index in [1.54, 1.807) is 23.1 Å². The molecule has 0 saturated carbocycles. The number of hydrogen-bond donors (Lipinski definition) is 2. The van der Waals surface area contributed by atoms with Crippen LogP contribution in [0.1, 0.15) is 11.1 Å². The second-order valence-corrected chi connectivity index (χ2v) is 5.47. The molecule has 2 heterocycles. The third-order valence-electron chi connectivity index (χ3n) is 3.63. The van der Waals surface area contributed by atoms with Gasteiger partial charge in [0.05, 0.1) is 24.2 Å². The van der Waals surface area contributed by atoms with Crippen LogP contribution in [0.15, 0.2) is 30.6 Å². The zero-order chi connectivity index (χ0) is 16.9. The Morgan fingerprint density at radius 2 is 2.38 bits per heavy atom. The third-order valence-corrected chi connectivity index (χ3v) is 3.63. The predicted octanol–water partition coefficient (Wildman–Crippen LogP) is 0.808. The van der Waals surface area contributed by atoms with Crippen LogP contribution in [0.5, 0.6) is 5.75 Å². The molecule has 1 aromatic heterocycles. The van der Waals surface area contributed by atoms with Crippen LogP contribution in [0.4, 0.5) is 5.69 Å². The van der Waals surface area contributed by atoms with Gasteiger partial charge < -0.3 is 19.9 Å². The van der Waals surface area contributed by atoms with Crippen molar-refractivity contribution in [2.75, 3.05) is 13.3 Å². The number of nitro groups is 1. The van der Waals surface area contributed by atoms with Crippen LogP contribution < -0.4 is 10.1 Å². The summed E-state index contributed by atoms with van der Waals surface area (Å²) in [6.07, 6.45) is 2.80. The number of hydrogen-bond acceptors (Lipinski definition) is 7. The van der Waals surface area contributed by atoms with E-state index in [2.05, 4.69) is 10.4 Å². The fraction of sp³-hybridized carbons (Fsp3) is 0.400. The maximum Gasteiger partial charge on any atom is 0.270 e. The Morgan fingerprint density at radius 1 is 1.50 bits per heavy atom. The number of aliphatic hydroxyl groups excluding tert-OH is 1. The normalized spacial score (nSPS) is 14.7. The standard InChI is InChI=1S/C15H18N4O5/c20-14(8-18-3-1-2-17-18)7-16-6-11-4-13(19(21)22)5-12-9-23-10-24-15(11)12/h1-5,14,16,20H,6-10H2. The largest absolute Gasteiger partial charge is 0.467 e. The molecule has 1 aliphatic rings. The molecule has 1 aromatic carbocycles. The molecule has 2 aromatic rings. The van der Waals surface area contributed by atoms with Crippen molar-refractivity contribution < 1.29 is 19.5 Å². The van der Waals surface area contributed by atoms with Gasteiger partial charge in [0, 0.05) is 48.7 Å². The molecule has 0 saturated heterocycles. The highest BCUT2D eigenvalue weighted by atomic mass is 16.7. The number of non-ortho nitro benzene ring substituents is 1. The number of aliphatic hydroxyl groups is 1. The van der Waals surface area contributed by atoms with Gasteiger partial charge in [-0.3, -0.25) is 14.8 Å². The lowest BCUT2D eigenvalue weighted by Crippen LogP contribution is -2.30. The molecule has 0 fully saturated rings. The Balaban J connectivity index is 1.63. The molecule has 0 amide bonds. The Bertz CT molecular complexity index is 704. The van der Waals surface area contributed by atoms with Crippen LogP contribution in [-0.4, -0.2) is 39.3 Å². The van der Waals surface area contributed by atoms with Gasteiger partial charge in [-0.1, -0.05) is 0 Å². The fourth-order valence-electron chi connectivity index (χ4n) is 2.58. The van der Waals surface area contributed by atoms with Crippen LogP contribution >= 0.6 is 0 Å². The van der Waals surface area contributed by atoms with Crippen LogP contribution in [0.25, 0.3) is 0 Å². The molecule has 128 valence electrons. The van der Waals surface area contributed by atoms with Gasteiger partial charge in [-0.25, -0.2) is 0 Å². The smallest absolute Gasteiger partial charge is 0.270 e. The molecule has 2 N–H and O–H groups in total. The molecule has 1 aliphatic heterocycles. The lowest BCUT2D eigenvalue weighted by atomic mass is 10.1. The molecule has 1 atom stereocenters. The van der Waals surface area contributed by atoms with E-state index in [0.29, 0.717) is 36.5 Å². The number of nitrogens with one attached hydrogen (secondary N) is 1. The summed E-state index contributed by atoms with van der Waals surface area (Å²) in [5, 5.41) is 28.2. The topological polar surface area (TPSA) is 112 Å². The SMILES string of the molecule is O=[N+]([O-])c1cc(CNCC(O)Cn2cccn2)c2c(c1)COCO2. The second-order valence-electron chi connectivity index (χ2n) is 5.47. The zero-order valence-electron chi connectivity index (χ0n) is 12.9. The van der Waals surface area contributed by atoms with Gasteiger partial charge in [-0.15, -0.1) is 0 Å². The number of fused-ring (bicyclic) bond motifs is 1. The molecule has 0 aliphatic carbocycles. The van der Waals surface area contributed by atoms with Crippen molar-refractivity contribution in [2.45, 2.75) is 25.8 Å². The summed E-state index contributed by atoms with van der Waals surface area (Å²) in [7, 11) is 0. The minimum atomic E-state index is -0.622. The quantitative estimate of drug-likeness (QED) is 0.569. The molecule has 0 bridgehead atoms. The van der Waals surface area contributed by atoms with E-state index in [9.17, 15) is 15.2 Å². The molecular weight excluding hydrogens is 316 g/mol. The average Bonchev–Trinajstić information content (AvgIpc) is 3.07. The molecule has 3 rings (SSSR count). The van der Waals surface area contributed by atoms with E-state index in [0.717, 1.165) is 0 Å². The highest BCUT2D eigenvalue weighted by Gasteiger charge is 2.20. The van der Waals surface area contributed by atoms with E-state index >= 15 is 0 Å². The van der Waals surface area contributed by atoms with Crippen LogP contribution in [0, 0.1) is 10.1 Å². The maximum atomic E-state index is 11.1. The summed E-state index contributed by atoms with van der Waals surface area (Å²) in [6.45, 7) is 1.46. The minimum absolute atomic E-state index is 0.00302. The summed E-state index contributed by atoms with van der Waals surface area (Å²) in [6, 6.07) is 4.73. The molecule has 9 nitrogen and oxygen atoms in total. The van der Waals surface area contributed by atoms with Gasteiger partial charge in [-0.2, -0.15) is 5.10 Å². The van der Waals surface area contributed by atoms with E-state index in [-0.39, 0.29) is 19.1 Å². The number of rotatable bonds is 7. The highest BCUT2D eigenvalue weighted by Crippen LogP contribution is 2.32. The van der Waals surface area contributed by atoms with Crippen LogP contribution in [0.2, 0.25) is 0 Å². The number of benzene rings is 1. The first-order valence-corrected chi connectivity index (χ1v) is 7.50. The van der Waals surface area contributed by atoms with Crippen molar-refractivity contribution in [3.63, 3.8) is 0 Å². The van der Waals surface area contributed by atoms with E-state index < -0.39 is 11.0 Å². The number of nitro benzene ring substituents is 1. The molecule has 24 heavy (non-hydrogen) atoms. The summed E-state index contributed by atoms with van der Waals surface area (Å²) in [4.78, 5) is 10.6. The van der Waals surface area contributed by atoms with E-state index in [4.69, 9.17) is 9.47 Å². The second kappa shape index (κ2) is 7.39. The molecule has 1 unspecified atom stereocenters. The minimum Gasteiger partial charge on any atom is -0.467 e. The average molecular weight is 334 g/mol. The Kier molecular flexibility index (Phi) is 5.04. The highest BCUT2D eigenvalue weighted by molar-refractivity contribution is 5.50. The first kappa shape index (κ1) is 16.4. The summed E-state index contributed by atoms with van der Waals surface area (Å²) < 4.78 is 12.3. The van der Waals surface area contributed by atoms with Gasteiger partial charge in [0.1, 0.15) is 5.75 Å². The van der Waals surface area contributed by atoms with Gasteiger partial charge in [0.15, 0.2) is 6.79 Å². The maximum absolute atomic E-state index is 11.1. The Labute approximate surface area is 138 Å². The van der Waals surface area contributed by atoms with Crippen molar-refractivity contribution in [1.29, 1.82) is 0 Å². The Morgan fingerprint density at radius 3 is 3.12 bits per heavy atom. The predicted molar refractivity (Wildman–Crippen MR) is 83.3 cm³/mol. The summed E-state index contributed by atoms with van der Waals surface area (Å²) in [5.41, 5.74) is 1.33. The summed E-state index contributed by atoms with van der Waals surface area (Å²) >= 11 is 0. The van der Waals surface area contributed by atoms with Gasteiger partial charge in [0.2, 0.25) is 0 Å². The zero-order valence-corrected chi connectivity index (χ0v) is 12.9. The Hall–Kier alpha value is -2.49.